The van der Waals surface area contributed by atoms with Crippen molar-refractivity contribution in [2.45, 2.75) is 37.1 Å². The molecule has 0 heterocycles. The number of hydrogen-bond donors (Lipinski definition) is 2. The molecule has 116 valence electrons. The number of carboxylic acids is 1. The molecule has 1 fully saturated rings. The highest BCUT2D eigenvalue weighted by Gasteiger charge is 2.28. The van der Waals surface area contributed by atoms with E-state index in [4.69, 9.17) is 9.84 Å². The molecule has 1 aromatic carbocycles. The first-order valence-electron chi connectivity index (χ1n) is 6.77. The molecule has 2 N–H and O–H groups in total. The number of ether oxygens (including phenoxy) is 1. The molecule has 0 spiro atoms. The van der Waals surface area contributed by atoms with E-state index in [0.29, 0.717) is 5.92 Å². The summed E-state index contributed by atoms with van der Waals surface area (Å²) in [5.41, 5.74) is -0.0871. The number of aromatic carboxylic acids is 1. The zero-order valence-corrected chi connectivity index (χ0v) is 12.8. The van der Waals surface area contributed by atoms with Gasteiger partial charge in [-0.25, -0.2) is 17.9 Å². The first-order valence-corrected chi connectivity index (χ1v) is 8.25. The number of methoxy groups -OCH3 is 1. The summed E-state index contributed by atoms with van der Waals surface area (Å²) in [5, 5.41) is 9.00. The van der Waals surface area contributed by atoms with E-state index in [2.05, 4.69) is 11.6 Å². The second kappa shape index (κ2) is 6.03. The second-order valence-electron chi connectivity index (χ2n) is 5.41. The van der Waals surface area contributed by atoms with Crippen LogP contribution in [0.5, 0.6) is 5.75 Å². The number of rotatable bonds is 5. The van der Waals surface area contributed by atoms with Gasteiger partial charge in [0.25, 0.3) is 0 Å². The number of nitrogens with one attached hydrogen (secondary N) is 1. The van der Waals surface area contributed by atoms with Crippen LogP contribution in [-0.4, -0.2) is 32.6 Å². The smallest absolute Gasteiger partial charge is 0.335 e. The predicted molar refractivity (Wildman–Crippen MR) is 77.1 cm³/mol. The van der Waals surface area contributed by atoms with Crippen LogP contribution in [-0.2, 0) is 10.0 Å². The maximum absolute atomic E-state index is 12.5. The van der Waals surface area contributed by atoms with Crippen molar-refractivity contribution in [1.29, 1.82) is 0 Å². The quantitative estimate of drug-likeness (QED) is 0.865. The van der Waals surface area contributed by atoms with Crippen molar-refractivity contribution in [3.05, 3.63) is 23.8 Å². The van der Waals surface area contributed by atoms with Crippen molar-refractivity contribution >= 4 is 16.0 Å². The maximum Gasteiger partial charge on any atom is 0.335 e. The molecule has 2 rings (SSSR count). The van der Waals surface area contributed by atoms with Crippen molar-refractivity contribution in [3.8, 4) is 5.75 Å². The Hall–Kier alpha value is -1.60. The molecule has 21 heavy (non-hydrogen) atoms. The van der Waals surface area contributed by atoms with Gasteiger partial charge in [0.1, 0.15) is 10.6 Å². The lowest BCUT2D eigenvalue weighted by molar-refractivity contribution is 0.0696. The zero-order chi connectivity index (χ0) is 15.6. The summed E-state index contributed by atoms with van der Waals surface area (Å²) in [6.07, 6.45) is 2.57. The van der Waals surface area contributed by atoms with E-state index in [-0.39, 0.29) is 22.3 Å². The number of carboxylic acid groups (broad SMARTS) is 1. The summed E-state index contributed by atoms with van der Waals surface area (Å²) in [5.74, 6) is -0.549. The molecule has 1 aliphatic rings. The third-order valence-electron chi connectivity index (χ3n) is 3.72. The first kappa shape index (κ1) is 15.8. The fourth-order valence-corrected chi connectivity index (χ4v) is 4.10. The van der Waals surface area contributed by atoms with E-state index in [1.54, 1.807) is 0 Å². The summed E-state index contributed by atoms with van der Waals surface area (Å²) < 4.78 is 32.6. The van der Waals surface area contributed by atoms with Crippen LogP contribution in [0.15, 0.2) is 23.1 Å². The van der Waals surface area contributed by atoms with Gasteiger partial charge in [-0.15, -0.1) is 0 Å². The molecule has 7 heteroatoms. The fourth-order valence-electron chi connectivity index (χ4n) is 2.62. The van der Waals surface area contributed by atoms with Crippen LogP contribution in [0.4, 0.5) is 0 Å². The molecule has 0 amide bonds. The van der Waals surface area contributed by atoms with Crippen molar-refractivity contribution in [3.63, 3.8) is 0 Å². The Bertz CT molecular complexity index is 641. The third kappa shape index (κ3) is 3.54. The van der Waals surface area contributed by atoms with Gasteiger partial charge in [0.05, 0.1) is 12.7 Å². The topological polar surface area (TPSA) is 92.7 Å². The number of hydrogen-bond acceptors (Lipinski definition) is 4. The van der Waals surface area contributed by atoms with E-state index in [0.717, 1.165) is 25.3 Å². The van der Waals surface area contributed by atoms with Crippen LogP contribution in [0.2, 0.25) is 0 Å². The predicted octanol–water partition coefficient (Wildman–Crippen LogP) is 1.86. The summed E-state index contributed by atoms with van der Waals surface area (Å²) in [4.78, 5) is 10.9. The zero-order valence-electron chi connectivity index (χ0n) is 12.0. The standard InChI is InChI=1S/C14H19NO5S/c1-9-3-5-11(7-9)15-21(18,19)13-8-10(14(16)17)4-6-12(13)20-2/h4,6,8-9,11,15H,3,5,7H2,1-2H3,(H,16,17). The molecular weight excluding hydrogens is 294 g/mol. The van der Waals surface area contributed by atoms with Crippen LogP contribution in [0, 0.1) is 5.92 Å². The molecule has 0 aliphatic heterocycles. The maximum atomic E-state index is 12.5. The Morgan fingerprint density at radius 1 is 1.38 bits per heavy atom. The van der Waals surface area contributed by atoms with Gasteiger partial charge in [0.2, 0.25) is 10.0 Å². The Morgan fingerprint density at radius 3 is 2.62 bits per heavy atom. The minimum absolute atomic E-state index is 0.0871. The average Bonchev–Trinajstić information content (AvgIpc) is 2.82. The van der Waals surface area contributed by atoms with Gasteiger partial charge < -0.3 is 9.84 Å². The fraction of sp³-hybridized carbons (Fsp3) is 0.500. The van der Waals surface area contributed by atoms with Gasteiger partial charge in [-0.1, -0.05) is 6.92 Å². The highest BCUT2D eigenvalue weighted by molar-refractivity contribution is 7.89. The van der Waals surface area contributed by atoms with Gasteiger partial charge in [-0.2, -0.15) is 0 Å². The Labute approximate surface area is 124 Å². The summed E-state index contributed by atoms with van der Waals surface area (Å²) in [7, 11) is -2.45. The van der Waals surface area contributed by atoms with Crippen molar-refractivity contribution in [2.24, 2.45) is 5.92 Å². The van der Waals surface area contributed by atoms with E-state index >= 15 is 0 Å². The molecule has 0 saturated heterocycles. The van der Waals surface area contributed by atoms with E-state index in [1.807, 2.05) is 0 Å². The van der Waals surface area contributed by atoms with Gasteiger partial charge >= 0.3 is 5.97 Å². The molecular formula is C14H19NO5S. The number of sulfonamides is 1. The van der Waals surface area contributed by atoms with E-state index in [1.165, 1.54) is 19.2 Å². The van der Waals surface area contributed by atoms with Gasteiger partial charge in [0, 0.05) is 6.04 Å². The highest BCUT2D eigenvalue weighted by atomic mass is 32.2. The minimum atomic E-state index is -3.80. The Kier molecular flexibility index (Phi) is 4.53. The first-order chi connectivity index (χ1) is 9.83. The molecule has 6 nitrogen and oxygen atoms in total. The normalized spacial score (nSPS) is 22.2. The lowest BCUT2D eigenvalue weighted by Crippen LogP contribution is -2.33. The van der Waals surface area contributed by atoms with Gasteiger partial charge in [0.15, 0.2) is 0 Å². The summed E-state index contributed by atoms with van der Waals surface area (Å²) in [6, 6.07) is 3.69. The summed E-state index contributed by atoms with van der Waals surface area (Å²) in [6.45, 7) is 2.08. The SMILES string of the molecule is COc1ccc(C(=O)O)cc1S(=O)(=O)NC1CCC(C)C1. The second-order valence-corrected chi connectivity index (χ2v) is 7.09. The lowest BCUT2D eigenvalue weighted by Gasteiger charge is -2.15. The van der Waals surface area contributed by atoms with Crippen LogP contribution >= 0.6 is 0 Å². The van der Waals surface area contributed by atoms with Crippen molar-refractivity contribution in [1.82, 2.24) is 4.72 Å². The minimum Gasteiger partial charge on any atom is -0.495 e. The van der Waals surface area contributed by atoms with E-state index < -0.39 is 16.0 Å². The number of carbonyl (C=O) groups is 1. The van der Waals surface area contributed by atoms with Crippen molar-refractivity contribution in [2.75, 3.05) is 7.11 Å². The van der Waals surface area contributed by atoms with E-state index in [9.17, 15) is 13.2 Å². The average molecular weight is 313 g/mol. The monoisotopic (exact) mass is 313 g/mol. The molecule has 2 unspecified atom stereocenters. The largest absolute Gasteiger partial charge is 0.495 e. The lowest BCUT2D eigenvalue weighted by atomic mass is 10.1. The summed E-state index contributed by atoms with van der Waals surface area (Å²) >= 11 is 0. The van der Waals surface area contributed by atoms with Crippen molar-refractivity contribution < 1.29 is 23.1 Å². The van der Waals surface area contributed by atoms with Crippen LogP contribution in [0.1, 0.15) is 36.5 Å². The molecule has 2 atom stereocenters. The van der Waals surface area contributed by atoms with Gasteiger partial charge in [-0.3, -0.25) is 0 Å². The molecule has 0 radical (unpaired) electrons. The molecule has 1 aromatic rings. The molecule has 0 bridgehead atoms. The third-order valence-corrected chi connectivity index (χ3v) is 5.26. The van der Waals surface area contributed by atoms with Crippen LogP contribution in [0.25, 0.3) is 0 Å². The Balaban J connectivity index is 2.33. The van der Waals surface area contributed by atoms with Gasteiger partial charge in [-0.05, 0) is 43.4 Å². The molecule has 0 aromatic heterocycles. The van der Waals surface area contributed by atoms with Crippen LogP contribution < -0.4 is 9.46 Å². The number of benzene rings is 1. The molecule has 1 saturated carbocycles. The highest BCUT2D eigenvalue weighted by Crippen LogP contribution is 2.29. The van der Waals surface area contributed by atoms with Crippen LogP contribution in [0.3, 0.4) is 0 Å². The Morgan fingerprint density at radius 2 is 2.10 bits per heavy atom. The molecule has 1 aliphatic carbocycles.